The maximum absolute atomic E-state index is 12.2. The van der Waals surface area contributed by atoms with Gasteiger partial charge in [-0.15, -0.1) is 13.2 Å². The van der Waals surface area contributed by atoms with Crippen molar-refractivity contribution in [2.75, 3.05) is 5.32 Å². The minimum atomic E-state index is -4.69. The van der Waals surface area contributed by atoms with E-state index in [0.29, 0.717) is 0 Å². The molecular weight excluding hydrogens is 351 g/mol. The van der Waals surface area contributed by atoms with Gasteiger partial charge in [0.25, 0.3) is 0 Å². The maximum atomic E-state index is 12.2. The van der Waals surface area contributed by atoms with Crippen molar-refractivity contribution in [3.63, 3.8) is 0 Å². The molecule has 0 aromatic heterocycles. The number of anilines is 1. The average Bonchev–Trinajstić information content (AvgIpc) is 2.30. The molecule has 1 heterocycles. The van der Waals surface area contributed by atoms with Crippen LogP contribution in [-0.2, 0) is 4.74 Å². The molecule has 2 atom stereocenters. The Labute approximate surface area is 129 Å². The van der Waals surface area contributed by atoms with Gasteiger partial charge in [-0.3, -0.25) is 0 Å². The topological polar surface area (TPSA) is 30.5 Å². The van der Waals surface area contributed by atoms with Crippen LogP contribution in [0.1, 0.15) is 26.7 Å². The molecule has 1 aliphatic heterocycles. The third-order valence-corrected chi connectivity index (χ3v) is 3.85. The zero-order valence-corrected chi connectivity index (χ0v) is 13.3. The number of hydrogen-bond donors (Lipinski definition) is 1. The highest BCUT2D eigenvalue weighted by atomic mass is 79.9. The lowest BCUT2D eigenvalue weighted by Gasteiger charge is -2.33. The Morgan fingerprint density at radius 2 is 1.86 bits per heavy atom. The fourth-order valence-electron chi connectivity index (χ4n) is 2.56. The molecule has 1 aliphatic rings. The predicted molar refractivity (Wildman–Crippen MR) is 77.5 cm³/mol. The van der Waals surface area contributed by atoms with Crippen molar-refractivity contribution in [3.05, 3.63) is 22.7 Å². The van der Waals surface area contributed by atoms with Gasteiger partial charge in [-0.25, -0.2) is 0 Å². The summed E-state index contributed by atoms with van der Waals surface area (Å²) in [4.78, 5) is 0. The van der Waals surface area contributed by atoms with Crippen LogP contribution >= 0.6 is 15.9 Å². The Bertz CT molecular complexity index is 486. The molecule has 3 nitrogen and oxygen atoms in total. The molecule has 0 amide bonds. The highest BCUT2D eigenvalue weighted by molar-refractivity contribution is 9.10. The van der Waals surface area contributed by atoms with Crippen LogP contribution < -0.4 is 10.1 Å². The first-order valence-electron chi connectivity index (χ1n) is 6.70. The van der Waals surface area contributed by atoms with Gasteiger partial charge < -0.3 is 14.8 Å². The molecule has 1 aromatic carbocycles. The molecule has 2 rings (SSSR count). The normalized spacial score (nSPS) is 26.5. The summed E-state index contributed by atoms with van der Waals surface area (Å²) in [5, 5.41) is 3.33. The predicted octanol–water partition coefficient (Wildman–Crippen LogP) is 4.72. The van der Waals surface area contributed by atoms with Gasteiger partial charge in [0, 0.05) is 11.7 Å². The molecule has 0 spiro atoms. The number of alkyl halides is 3. The van der Waals surface area contributed by atoms with Crippen LogP contribution in [0.3, 0.4) is 0 Å². The van der Waals surface area contributed by atoms with Gasteiger partial charge >= 0.3 is 6.36 Å². The Morgan fingerprint density at radius 1 is 1.24 bits per heavy atom. The monoisotopic (exact) mass is 367 g/mol. The second-order valence-electron chi connectivity index (χ2n) is 5.26. The lowest BCUT2D eigenvalue weighted by atomic mass is 9.99. The quantitative estimate of drug-likeness (QED) is 0.838. The summed E-state index contributed by atoms with van der Waals surface area (Å²) in [5.74, 6) is -0.248. The van der Waals surface area contributed by atoms with E-state index in [1.165, 1.54) is 6.07 Å². The summed E-state index contributed by atoms with van der Waals surface area (Å²) in [6, 6.07) is 4.71. The molecule has 0 bridgehead atoms. The van der Waals surface area contributed by atoms with E-state index in [4.69, 9.17) is 4.74 Å². The summed E-state index contributed by atoms with van der Waals surface area (Å²) in [7, 11) is 0. The van der Waals surface area contributed by atoms with Crippen LogP contribution in [0.2, 0.25) is 0 Å². The fourth-order valence-corrected chi connectivity index (χ4v) is 3.02. The molecule has 7 heteroatoms. The molecule has 21 heavy (non-hydrogen) atoms. The SMILES string of the molecule is CC1CC(Nc2ccc(OC(F)(F)F)c(Br)c2)CC(C)O1. The summed E-state index contributed by atoms with van der Waals surface area (Å²) < 4.78 is 46.5. The van der Waals surface area contributed by atoms with Crippen molar-refractivity contribution in [1.82, 2.24) is 0 Å². The van der Waals surface area contributed by atoms with Gasteiger partial charge in [0.15, 0.2) is 0 Å². The van der Waals surface area contributed by atoms with E-state index in [1.807, 2.05) is 13.8 Å². The van der Waals surface area contributed by atoms with Crippen molar-refractivity contribution >= 4 is 21.6 Å². The molecule has 1 saturated heterocycles. The first kappa shape index (κ1) is 16.4. The van der Waals surface area contributed by atoms with Gasteiger partial charge in [0.2, 0.25) is 0 Å². The number of halogens is 4. The van der Waals surface area contributed by atoms with Crippen LogP contribution in [0.5, 0.6) is 5.75 Å². The zero-order chi connectivity index (χ0) is 15.6. The minimum absolute atomic E-state index is 0.169. The van der Waals surface area contributed by atoms with Crippen LogP contribution in [0.15, 0.2) is 22.7 Å². The van der Waals surface area contributed by atoms with Crippen LogP contribution in [0.4, 0.5) is 18.9 Å². The van der Waals surface area contributed by atoms with E-state index < -0.39 is 6.36 Å². The molecule has 0 saturated carbocycles. The number of benzene rings is 1. The van der Waals surface area contributed by atoms with Gasteiger partial charge in [0.1, 0.15) is 5.75 Å². The third-order valence-electron chi connectivity index (χ3n) is 3.23. The lowest BCUT2D eigenvalue weighted by molar-refractivity contribution is -0.274. The van der Waals surface area contributed by atoms with E-state index in [0.717, 1.165) is 18.5 Å². The fraction of sp³-hybridized carbons (Fsp3) is 0.571. The third kappa shape index (κ3) is 5.07. The first-order valence-corrected chi connectivity index (χ1v) is 7.49. The van der Waals surface area contributed by atoms with Crippen LogP contribution in [0, 0.1) is 0 Å². The first-order chi connectivity index (χ1) is 9.73. The van der Waals surface area contributed by atoms with Gasteiger partial charge in [0.05, 0.1) is 16.7 Å². The van der Waals surface area contributed by atoms with Crippen molar-refractivity contribution < 1.29 is 22.6 Å². The Kier molecular flexibility index (Phi) is 5.03. The Hall–Kier alpha value is -0.950. The molecule has 2 unspecified atom stereocenters. The summed E-state index contributed by atoms with van der Waals surface area (Å²) >= 11 is 3.10. The van der Waals surface area contributed by atoms with Crippen molar-refractivity contribution in [2.45, 2.75) is 51.3 Å². The van der Waals surface area contributed by atoms with E-state index >= 15 is 0 Å². The van der Waals surface area contributed by atoms with E-state index in [9.17, 15) is 13.2 Å². The lowest BCUT2D eigenvalue weighted by Crippen LogP contribution is -2.36. The van der Waals surface area contributed by atoms with Crippen LogP contribution in [-0.4, -0.2) is 24.6 Å². The zero-order valence-electron chi connectivity index (χ0n) is 11.7. The van der Waals surface area contributed by atoms with Crippen molar-refractivity contribution in [1.29, 1.82) is 0 Å². The summed E-state index contributed by atoms with van der Waals surface area (Å²) in [6.45, 7) is 4.03. The molecule has 0 aliphatic carbocycles. The molecule has 0 radical (unpaired) electrons. The average molecular weight is 368 g/mol. The van der Waals surface area contributed by atoms with Crippen LogP contribution in [0.25, 0.3) is 0 Å². The number of ether oxygens (including phenoxy) is 2. The van der Waals surface area contributed by atoms with E-state index in [-0.39, 0.29) is 28.5 Å². The molecule has 1 fully saturated rings. The van der Waals surface area contributed by atoms with Gasteiger partial charge in [-0.2, -0.15) is 0 Å². The summed E-state index contributed by atoms with van der Waals surface area (Å²) in [5.41, 5.74) is 0.752. The highest BCUT2D eigenvalue weighted by Gasteiger charge is 2.32. The Balaban J connectivity index is 2.03. The summed E-state index contributed by atoms with van der Waals surface area (Å²) in [6.07, 6.45) is -2.63. The maximum Gasteiger partial charge on any atom is 0.573 e. The molecule has 118 valence electrons. The highest BCUT2D eigenvalue weighted by Crippen LogP contribution is 2.33. The standard InChI is InChI=1S/C14H17BrF3NO2/c1-8-5-11(6-9(2)20-8)19-10-3-4-13(12(15)7-10)21-14(16,17)18/h3-4,7-9,11,19H,5-6H2,1-2H3. The second kappa shape index (κ2) is 6.44. The Morgan fingerprint density at radius 3 is 2.38 bits per heavy atom. The smallest absolute Gasteiger partial charge is 0.405 e. The van der Waals surface area contributed by atoms with Gasteiger partial charge in [-0.1, -0.05) is 0 Å². The minimum Gasteiger partial charge on any atom is -0.405 e. The number of hydrogen-bond acceptors (Lipinski definition) is 3. The molecule has 1 N–H and O–H groups in total. The van der Waals surface area contributed by atoms with Crippen molar-refractivity contribution in [3.8, 4) is 5.75 Å². The van der Waals surface area contributed by atoms with E-state index in [2.05, 4.69) is 26.0 Å². The van der Waals surface area contributed by atoms with Gasteiger partial charge in [-0.05, 0) is 60.8 Å². The largest absolute Gasteiger partial charge is 0.573 e. The number of nitrogens with one attached hydrogen (secondary N) is 1. The number of rotatable bonds is 3. The molecule has 1 aromatic rings. The molecular formula is C14H17BrF3NO2. The van der Waals surface area contributed by atoms with Crippen molar-refractivity contribution in [2.24, 2.45) is 0 Å². The van der Waals surface area contributed by atoms with E-state index in [1.54, 1.807) is 12.1 Å². The second-order valence-corrected chi connectivity index (χ2v) is 6.12.